The summed E-state index contributed by atoms with van der Waals surface area (Å²) in [5, 5.41) is 9.17. The molecule has 8 nitrogen and oxygen atoms in total. The monoisotopic (exact) mass is 440 g/mol. The Morgan fingerprint density at radius 2 is 1.41 bits per heavy atom. The van der Waals surface area contributed by atoms with E-state index in [2.05, 4.69) is 0 Å². The summed E-state index contributed by atoms with van der Waals surface area (Å²) < 4.78 is 15.0. The van der Waals surface area contributed by atoms with Crippen molar-refractivity contribution < 1.29 is 38.5 Å². The molecule has 1 aliphatic carbocycles. The number of carboxylic acids is 1. The highest BCUT2D eigenvalue weighted by Gasteiger charge is 2.29. The Bertz CT molecular complexity index is 1020. The molecule has 168 valence electrons. The lowest BCUT2D eigenvalue weighted by atomic mass is 10.0. The highest BCUT2D eigenvalue weighted by molar-refractivity contribution is 5.99. The lowest BCUT2D eigenvalue weighted by molar-refractivity contribution is 0.00681. The average Bonchev–Trinajstić information content (AvgIpc) is 3.03. The van der Waals surface area contributed by atoms with E-state index in [1.807, 2.05) is 0 Å². The van der Waals surface area contributed by atoms with Gasteiger partial charge in [0.2, 0.25) is 0 Å². The zero-order valence-corrected chi connectivity index (χ0v) is 18.1. The molecule has 2 heterocycles. The minimum atomic E-state index is -0.970. The number of hydrogen-bond donors (Lipinski definition) is 1. The lowest BCUT2D eigenvalue weighted by Gasteiger charge is -2.20. The zero-order chi connectivity index (χ0) is 23.5. The Morgan fingerprint density at radius 1 is 0.875 bits per heavy atom. The van der Waals surface area contributed by atoms with Gasteiger partial charge in [0.05, 0.1) is 22.3 Å². The molecule has 0 radical (unpaired) electrons. The van der Waals surface area contributed by atoms with Crippen molar-refractivity contribution in [2.45, 2.75) is 39.2 Å². The smallest absolute Gasteiger partial charge is 0.338 e. The topological polar surface area (TPSA) is 116 Å². The summed E-state index contributed by atoms with van der Waals surface area (Å²) >= 11 is 0. The summed E-state index contributed by atoms with van der Waals surface area (Å²) in [6.07, 6.45) is 1.28. The molecule has 0 saturated heterocycles. The van der Waals surface area contributed by atoms with Gasteiger partial charge in [0.15, 0.2) is 0 Å². The first kappa shape index (κ1) is 23.0. The van der Waals surface area contributed by atoms with Gasteiger partial charge in [0.1, 0.15) is 18.8 Å². The molecule has 8 heteroatoms. The number of carbonyl (C=O) groups is 4. The molecule has 5 rings (SSSR count). The molecule has 0 aromatic heterocycles. The van der Waals surface area contributed by atoms with E-state index in [4.69, 9.17) is 14.2 Å². The molecule has 3 aliphatic rings. The summed E-state index contributed by atoms with van der Waals surface area (Å²) in [5.74, 6) is -2.21. The number of hydrogen-bond acceptors (Lipinski definition) is 7. The first-order valence-electron chi connectivity index (χ1n) is 10.1. The molecule has 0 fully saturated rings. The van der Waals surface area contributed by atoms with Crippen molar-refractivity contribution >= 4 is 23.9 Å². The largest absolute Gasteiger partial charge is 0.478 e. The molecular formula is C24H24O8. The number of benzene rings is 2. The first-order chi connectivity index (χ1) is 15.1. The molecule has 0 spiro atoms. The van der Waals surface area contributed by atoms with E-state index < -0.39 is 29.5 Å². The maximum Gasteiger partial charge on any atom is 0.338 e. The number of fused-ring (bicyclic) bond motifs is 9. The van der Waals surface area contributed by atoms with Gasteiger partial charge in [-0.3, -0.25) is 0 Å². The third kappa shape index (κ3) is 5.32. The fourth-order valence-corrected chi connectivity index (χ4v) is 3.39. The van der Waals surface area contributed by atoms with Crippen LogP contribution in [0.4, 0.5) is 0 Å². The summed E-state index contributed by atoms with van der Waals surface area (Å²) in [5.41, 5.74) is 2.37. The number of aromatic carboxylic acids is 1. The SMILES string of the molecule is CC(C)(C)OC(=O)c1ccc2c(C(=O)O)c1CC2.O=C1OCCOC(=O)c2ccc1cc2. The minimum absolute atomic E-state index is 0.100. The predicted molar refractivity (Wildman–Crippen MR) is 113 cm³/mol. The van der Waals surface area contributed by atoms with E-state index in [-0.39, 0.29) is 18.8 Å². The molecule has 32 heavy (non-hydrogen) atoms. The second-order valence-electron chi connectivity index (χ2n) is 8.28. The van der Waals surface area contributed by atoms with E-state index in [9.17, 15) is 24.3 Å². The quantitative estimate of drug-likeness (QED) is 0.558. The predicted octanol–water partition coefficient (Wildman–Crippen LogP) is 3.45. The minimum Gasteiger partial charge on any atom is -0.478 e. The van der Waals surface area contributed by atoms with E-state index in [0.29, 0.717) is 35.1 Å². The molecular weight excluding hydrogens is 416 g/mol. The zero-order valence-electron chi connectivity index (χ0n) is 18.1. The maximum absolute atomic E-state index is 12.0. The van der Waals surface area contributed by atoms with Crippen LogP contribution < -0.4 is 0 Å². The van der Waals surface area contributed by atoms with Crippen molar-refractivity contribution in [3.05, 3.63) is 69.8 Å². The number of aryl methyl sites for hydroxylation is 1. The van der Waals surface area contributed by atoms with Crippen molar-refractivity contribution in [1.29, 1.82) is 0 Å². The summed E-state index contributed by atoms with van der Waals surface area (Å²) in [4.78, 5) is 45.7. The second kappa shape index (κ2) is 9.21. The third-order valence-corrected chi connectivity index (χ3v) is 4.78. The van der Waals surface area contributed by atoms with Crippen LogP contribution in [-0.2, 0) is 27.1 Å². The number of carbonyl (C=O) groups excluding carboxylic acids is 3. The molecule has 0 amide bonds. The van der Waals surface area contributed by atoms with Gasteiger partial charge in [-0.2, -0.15) is 0 Å². The van der Waals surface area contributed by atoms with Gasteiger partial charge in [-0.15, -0.1) is 0 Å². The van der Waals surface area contributed by atoms with Crippen LogP contribution >= 0.6 is 0 Å². The van der Waals surface area contributed by atoms with Gasteiger partial charge >= 0.3 is 23.9 Å². The molecule has 0 saturated carbocycles. The van der Waals surface area contributed by atoms with Crippen LogP contribution in [0.2, 0.25) is 0 Å². The summed E-state index contributed by atoms with van der Waals surface area (Å²) in [6, 6.07) is 9.56. The second-order valence-corrected chi connectivity index (χ2v) is 8.28. The van der Waals surface area contributed by atoms with Crippen LogP contribution in [0, 0.1) is 0 Å². The molecule has 0 unspecified atom stereocenters. The third-order valence-electron chi connectivity index (χ3n) is 4.78. The number of rotatable bonds is 2. The van der Waals surface area contributed by atoms with Crippen molar-refractivity contribution in [3.63, 3.8) is 0 Å². The van der Waals surface area contributed by atoms with Gasteiger partial charge in [-0.1, -0.05) is 6.07 Å². The van der Waals surface area contributed by atoms with E-state index >= 15 is 0 Å². The normalized spacial score (nSPS) is 14.6. The molecule has 2 aliphatic heterocycles. The van der Waals surface area contributed by atoms with Crippen molar-refractivity contribution in [2.75, 3.05) is 13.2 Å². The van der Waals surface area contributed by atoms with Crippen LogP contribution in [0.25, 0.3) is 0 Å². The Hall–Kier alpha value is -3.68. The average molecular weight is 440 g/mol. The highest BCUT2D eigenvalue weighted by atomic mass is 16.6. The van der Waals surface area contributed by atoms with Gasteiger partial charge in [0.25, 0.3) is 0 Å². The Labute approximate surface area is 185 Å². The van der Waals surface area contributed by atoms with Gasteiger partial charge in [-0.25, -0.2) is 19.2 Å². The number of esters is 3. The maximum atomic E-state index is 12.0. The molecule has 0 atom stereocenters. The number of carboxylic acid groups (broad SMARTS) is 1. The molecule has 2 aromatic rings. The first-order valence-corrected chi connectivity index (χ1v) is 10.1. The van der Waals surface area contributed by atoms with Crippen molar-refractivity contribution in [2.24, 2.45) is 0 Å². The van der Waals surface area contributed by atoms with Crippen LogP contribution in [0.1, 0.15) is 73.3 Å². The van der Waals surface area contributed by atoms with Crippen LogP contribution in [-0.4, -0.2) is 47.8 Å². The van der Waals surface area contributed by atoms with Crippen LogP contribution in [0.5, 0.6) is 0 Å². The standard InChI is InChI=1S/C14H16O4.C10H8O4/c1-14(2,3)18-13(17)10-7-5-8-4-6-9(10)11(8)12(15)16;11-9-7-1-2-8(4-3-7)10(12)14-6-5-13-9/h5,7H,4,6H2,1-3H3,(H,15,16);1-4H,5-6H2. The Balaban J connectivity index is 0.000000186. The molecule has 4 bridgehead atoms. The molecule has 1 N–H and O–H groups in total. The number of ether oxygens (including phenoxy) is 3. The van der Waals surface area contributed by atoms with Crippen molar-refractivity contribution in [3.8, 4) is 0 Å². The summed E-state index contributed by atoms with van der Waals surface area (Å²) in [7, 11) is 0. The van der Waals surface area contributed by atoms with E-state index in [1.54, 1.807) is 57.2 Å². The molecule has 2 aromatic carbocycles. The fourth-order valence-electron chi connectivity index (χ4n) is 3.39. The fraction of sp³-hybridized carbons (Fsp3) is 0.333. The van der Waals surface area contributed by atoms with E-state index in [0.717, 1.165) is 5.56 Å². The van der Waals surface area contributed by atoms with Crippen LogP contribution in [0.15, 0.2) is 36.4 Å². The van der Waals surface area contributed by atoms with Gasteiger partial charge in [-0.05, 0) is 75.1 Å². The van der Waals surface area contributed by atoms with Gasteiger partial charge in [0, 0.05) is 0 Å². The Kier molecular flexibility index (Phi) is 6.62. The van der Waals surface area contributed by atoms with Crippen LogP contribution in [0.3, 0.4) is 0 Å². The van der Waals surface area contributed by atoms with E-state index in [1.165, 1.54) is 0 Å². The lowest BCUT2D eigenvalue weighted by Crippen LogP contribution is -2.24. The summed E-state index contributed by atoms with van der Waals surface area (Å²) in [6.45, 7) is 5.57. The van der Waals surface area contributed by atoms with Gasteiger partial charge < -0.3 is 19.3 Å². The van der Waals surface area contributed by atoms with Crippen molar-refractivity contribution in [1.82, 2.24) is 0 Å². The highest BCUT2D eigenvalue weighted by Crippen LogP contribution is 2.29. The Morgan fingerprint density at radius 3 is 1.88 bits per heavy atom.